The van der Waals surface area contributed by atoms with Gasteiger partial charge in [-0.15, -0.1) is 0 Å². The van der Waals surface area contributed by atoms with Gasteiger partial charge in [-0.3, -0.25) is 0 Å². The highest BCUT2D eigenvalue weighted by molar-refractivity contribution is 6.75. The van der Waals surface area contributed by atoms with Crippen molar-refractivity contribution in [2.24, 2.45) is 35.5 Å². The second-order valence-corrected chi connectivity index (χ2v) is 45.9. The van der Waals surface area contributed by atoms with Crippen LogP contribution >= 0.6 is 0 Å². The molecule has 398 valence electrons. The van der Waals surface area contributed by atoms with E-state index in [0.29, 0.717) is 18.3 Å². The van der Waals surface area contributed by atoms with Crippen LogP contribution < -0.4 is 0 Å². The largest absolute Gasteiger partial charge is 0.466 e. The SMILES string of the molecule is C=C/C=C\[C@H](C)[C@H](O)[C@@H](C)[C@@H](CC[C@H](C)C[C@@H](C)[C@@H](O[Si](C)(C)C(C)(C)C)[C@@H](C)/C=C\[C@H](C[C@H](O[Si](C)(C)C(C)(C)C)[C@@H](C)/C=C/C=C\C(=O)OC)O[Si](C)(C)C(C)(C)C)O[Si](C)(C)C(C)(C)C. The van der Waals surface area contributed by atoms with Crippen molar-refractivity contribution >= 4 is 39.2 Å². The molecule has 0 saturated heterocycles. The summed E-state index contributed by atoms with van der Waals surface area (Å²) in [5.41, 5.74) is 0. The summed E-state index contributed by atoms with van der Waals surface area (Å²) in [6.45, 7) is 64.0. The van der Waals surface area contributed by atoms with Gasteiger partial charge in [0.15, 0.2) is 33.3 Å². The third-order valence-corrected chi connectivity index (χ3v) is 34.6. The Morgan fingerprint density at radius 1 is 0.544 bits per heavy atom. The number of rotatable bonds is 28. The number of ether oxygens (including phenoxy) is 1. The van der Waals surface area contributed by atoms with E-state index < -0.39 is 39.4 Å². The van der Waals surface area contributed by atoms with Crippen LogP contribution in [0.3, 0.4) is 0 Å². The lowest BCUT2D eigenvalue weighted by Crippen LogP contribution is -2.48. The molecule has 0 fully saturated rings. The van der Waals surface area contributed by atoms with Gasteiger partial charge in [0.1, 0.15) is 0 Å². The Morgan fingerprint density at radius 2 is 0.985 bits per heavy atom. The summed E-state index contributed by atoms with van der Waals surface area (Å²) in [7, 11) is -7.31. The minimum atomic E-state index is -2.22. The van der Waals surface area contributed by atoms with Crippen LogP contribution in [0.15, 0.2) is 61.3 Å². The van der Waals surface area contributed by atoms with Crippen molar-refractivity contribution in [2.45, 2.75) is 253 Å². The predicted molar refractivity (Wildman–Crippen MR) is 307 cm³/mol. The maximum absolute atomic E-state index is 11.8. The van der Waals surface area contributed by atoms with Gasteiger partial charge >= 0.3 is 5.97 Å². The molecule has 0 aliphatic carbocycles. The maximum Gasteiger partial charge on any atom is 0.330 e. The van der Waals surface area contributed by atoms with Crippen LogP contribution in [0.25, 0.3) is 0 Å². The fourth-order valence-corrected chi connectivity index (χ4v) is 13.1. The molecule has 7 nitrogen and oxygen atoms in total. The minimum Gasteiger partial charge on any atom is -0.466 e. The molecule has 0 saturated carbocycles. The summed E-state index contributed by atoms with van der Waals surface area (Å²) in [6, 6.07) is 0. The Balaban J connectivity index is 7.22. The van der Waals surface area contributed by atoms with Gasteiger partial charge in [0.25, 0.3) is 0 Å². The van der Waals surface area contributed by atoms with Crippen LogP contribution in [0, 0.1) is 35.5 Å². The van der Waals surface area contributed by atoms with E-state index >= 15 is 0 Å². The monoisotopic (exact) mass is 1020 g/mol. The molecule has 0 unspecified atom stereocenters. The molecule has 0 radical (unpaired) electrons. The number of methoxy groups -OCH3 is 1. The van der Waals surface area contributed by atoms with Crippen LogP contribution in [0.4, 0.5) is 0 Å². The summed E-state index contributed by atoms with van der Waals surface area (Å²) < 4.78 is 34.2. The highest BCUT2D eigenvalue weighted by Crippen LogP contribution is 2.44. The molecule has 0 aliphatic rings. The molecule has 0 heterocycles. The lowest BCUT2D eigenvalue weighted by atomic mass is 9.82. The third-order valence-electron chi connectivity index (χ3n) is 16.6. The van der Waals surface area contributed by atoms with Crippen molar-refractivity contribution in [3.8, 4) is 0 Å². The number of carbonyl (C=O) groups is 1. The first-order valence-corrected chi connectivity index (χ1v) is 37.9. The fourth-order valence-electron chi connectivity index (χ4n) is 7.49. The van der Waals surface area contributed by atoms with Crippen LogP contribution in [-0.2, 0) is 27.2 Å². The third kappa shape index (κ3) is 21.9. The molecule has 0 amide bonds. The van der Waals surface area contributed by atoms with Crippen molar-refractivity contribution in [3.05, 3.63) is 61.3 Å². The molecule has 11 heteroatoms. The van der Waals surface area contributed by atoms with E-state index in [0.717, 1.165) is 19.3 Å². The quantitative estimate of drug-likeness (QED) is 0.0275. The lowest BCUT2D eigenvalue weighted by molar-refractivity contribution is -0.134. The Morgan fingerprint density at radius 3 is 1.44 bits per heavy atom. The summed E-state index contributed by atoms with van der Waals surface area (Å²) in [4.78, 5) is 11.8. The second-order valence-electron chi connectivity index (χ2n) is 26.9. The molecule has 68 heavy (non-hydrogen) atoms. The van der Waals surface area contributed by atoms with Gasteiger partial charge in [-0.25, -0.2) is 4.79 Å². The number of hydrogen-bond acceptors (Lipinski definition) is 7. The highest BCUT2D eigenvalue weighted by atomic mass is 28.4. The summed E-state index contributed by atoms with van der Waals surface area (Å²) in [6.07, 6.45) is 20.6. The Kier molecular flexibility index (Phi) is 26.8. The van der Waals surface area contributed by atoms with E-state index in [-0.39, 0.29) is 74.2 Å². The first-order valence-electron chi connectivity index (χ1n) is 26.3. The molecular weight excluding hydrogens is 909 g/mol. The van der Waals surface area contributed by atoms with Crippen molar-refractivity contribution in [1.29, 1.82) is 0 Å². The lowest BCUT2D eigenvalue weighted by Gasteiger charge is -2.44. The van der Waals surface area contributed by atoms with E-state index in [1.165, 1.54) is 13.2 Å². The van der Waals surface area contributed by atoms with Gasteiger partial charge in [-0.1, -0.05) is 180 Å². The Labute approximate surface area is 426 Å². The Hall–Kier alpha value is -1.16. The Bertz CT molecular complexity index is 1620. The molecular formula is C57H112O7Si4. The first-order chi connectivity index (χ1) is 30.5. The number of carbonyl (C=O) groups excluding carboxylic acids is 1. The van der Waals surface area contributed by atoms with E-state index in [9.17, 15) is 9.90 Å². The van der Waals surface area contributed by atoms with E-state index in [4.69, 9.17) is 22.4 Å². The highest BCUT2D eigenvalue weighted by Gasteiger charge is 2.45. The van der Waals surface area contributed by atoms with Crippen molar-refractivity contribution in [3.63, 3.8) is 0 Å². The van der Waals surface area contributed by atoms with Crippen LogP contribution in [0.2, 0.25) is 72.5 Å². The number of aliphatic hydroxyl groups is 1. The predicted octanol–water partition coefficient (Wildman–Crippen LogP) is 16.9. The molecule has 0 aromatic carbocycles. The summed E-state index contributed by atoms with van der Waals surface area (Å²) >= 11 is 0. The molecule has 0 rings (SSSR count). The molecule has 1 N–H and O–H groups in total. The number of esters is 1. The molecule has 0 aromatic heterocycles. The van der Waals surface area contributed by atoms with Gasteiger partial charge in [-0.2, -0.15) is 0 Å². The molecule has 0 bridgehead atoms. The topological polar surface area (TPSA) is 83.5 Å². The van der Waals surface area contributed by atoms with E-state index in [1.54, 1.807) is 12.2 Å². The van der Waals surface area contributed by atoms with Crippen LogP contribution in [0.5, 0.6) is 0 Å². The van der Waals surface area contributed by atoms with Gasteiger partial charge in [0.05, 0.1) is 37.6 Å². The molecule has 0 spiro atoms. The average Bonchev–Trinajstić information content (AvgIpc) is 3.17. The van der Waals surface area contributed by atoms with E-state index in [1.807, 2.05) is 12.2 Å². The minimum absolute atomic E-state index is 0.00169. The summed E-state index contributed by atoms with van der Waals surface area (Å²) in [5.74, 6) is 0.527. The van der Waals surface area contributed by atoms with Crippen molar-refractivity contribution < 1.29 is 32.3 Å². The number of hydrogen-bond donors (Lipinski definition) is 1. The zero-order valence-corrected chi connectivity index (χ0v) is 53.5. The summed E-state index contributed by atoms with van der Waals surface area (Å²) in [5, 5.41) is 11.8. The van der Waals surface area contributed by atoms with Gasteiger partial charge in [0.2, 0.25) is 0 Å². The van der Waals surface area contributed by atoms with Crippen LogP contribution in [0.1, 0.15) is 150 Å². The molecule has 11 atom stereocenters. The number of allylic oxidation sites excluding steroid dienone is 4. The van der Waals surface area contributed by atoms with Crippen LogP contribution in [-0.4, -0.2) is 82.0 Å². The standard InChI is InChI=1S/C57H112O7Si4/c1-29-30-33-44(4)52(59)47(7)49(62-66(23,24)55(11,12)13)39-36-42(2)40-46(6)53(64-68(27,28)57(17,18)19)45(5)37-38-48(61-65(21,22)54(8,9)10)41-50(63-67(25,26)56(14,15)16)43(3)34-31-32-35-51(58)60-20/h29-35,37-38,42-50,52-53,59H,1,36,39-41H2,2-28H3/b33-30-,34-31+,35-32-,38-37-/t42-,43-,44-,45-,46+,47-,48+,49+,50-,52-,53-/m0/s1. The fraction of sp³-hybridized carbons (Fsp3) is 0.807. The number of aliphatic hydroxyl groups excluding tert-OH is 1. The maximum atomic E-state index is 11.8. The van der Waals surface area contributed by atoms with Gasteiger partial charge in [-0.05, 0) is 115 Å². The normalized spacial score (nSPS) is 19.5. The smallest absolute Gasteiger partial charge is 0.330 e. The zero-order chi connectivity index (χ0) is 53.7. The molecule has 0 aromatic rings. The van der Waals surface area contributed by atoms with Crippen molar-refractivity contribution in [2.75, 3.05) is 7.11 Å². The zero-order valence-electron chi connectivity index (χ0n) is 49.5. The molecule has 0 aliphatic heterocycles. The average molecular weight is 1020 g/mol. The van der Waals surface area contributed by atoms with Gasteiger partial charge in [0, 0.05) is 24.3 Å². The first kappa shape index (κ1) is 66.8. The van der Waals surface area contributed by atoms with Crippen molar-refractivity contribution in [1.82, 2.24) is 0 Å². The second kappa shape index (κ2) is 27.2. The van der Waals surface area contributed by atoms with Gasteiger partial charge < -0.3 is 27.5 Å². The van der Waals surface area contributed by atoms with E-state index in [2.05, 4.69) is 208 Å².